The van der Waals surface area contributed by atoms with Crippen molar-refractivity contribution in [2.75, 3.05) is 20.8 Å². The number of benzene rings is 2. The summed E-state index contributed by atoms with van der Waals surface area (Å²) >= 11 is 5.56. The Labute approximate surface area is 184 Å². The molecular weight excluding hydrogens is 394 g/mol. The number of rotatable bonds is 6. The average Bonchev–Trinajstić information content (AvgIpc) is 3.22. The minimum atomic E-state index is 0.150. The fourth-order valence-electron chi connectivity index (χ4n) is 5.06. The van der Waals surface area contributed by atoms with Gasteiger partial charge in [-0.1, -0.05) is 36.4 Å². The maximum absolute atomic E-state index is 5.57. The standard InChI is InChI=1S/C24H31N3O2S/c1-28-20-9-8-18(14-21(20)29-2)24-11-10-19(15-22(24)25-13-12-24)27-23(30)26-16-17-6-4-3-5-7-17/h3-9,14,19,22,25H,10-13,15-16H2,1-2H3,(H2,26,27,30)/t19-,22+,24-/m0/s1. The molecule has 2 aromatic carbocycles. The summed E-state index contributed by atoms with van der Waals surface area (Å²) in [4.78, 5) is 0. The fourth-order valence-corrected chi connectivity index (χ4v) is 5.30. The monoisotopic (exact) mass is 425 g/mol. The highest BCUT2D eigenvalue weighted by Gasteiger charge is 2.48. The summed E-state index contributed by atoms with van der Waals surface area (Å²) in [6.07, 6.45) is 4.43. The summed E-state index contributed by atoms with van der Waals surface area (Å²) in [7, 11) is 3.38. The molecule has 0 radical (unpaired) electrons. The van der Waals surface area contributed by atoms with E-state index in [-0.39, 0.29) is 5.41 Å². The third-order valence-corrected chi connectivity index (χ3v) is 6.94. The summed E-state index contributed by atoms with van der Waals surface area (Å²) in [6.45, 7) is 1.79. The Morgan fingerprint density at radius 1 is 1.10 bits per heavy atom. The highest BCUT2D eigenvalue weighted by Crippen LogP contribution is 2.47. The molecule has 3 N–H and O–H groups in total. The molecule has 0 amide bonds. The van der Waals surface area contributed by atoms with E-state index in [4.69, 9.17) is 21.7 Å². The van der Waals surface area contributed by atoms with E-state index in [1.165, 1.54) is 11.1 Å². The van der Waals surface area contributed by atoms with E-state index in [1.54, 1.807) is 14.2 Å². The van der Waals surface area contributed by atoms with E-state index >= 15 is 0 Å². The van der Waals surface area contributed by atoms with Gasteiger partial charge in [0.2, 0.25) is 0 Å². The Balaban J connectivity index is 1.40. The van der Waals surface area contributed by atoms with Gasteiger partial charge in [0, 0.05) is 24.0 Å². The molecule has 30 heavy (non-hydrogen) atoms. The van der Waals surface area contributed by atoms with Crippen LogP contribution in [-0.4, -0.2) is 38.0 Å². The smallest absolute Gasteiger partial charge is 0.166 e. The van der Waals surface area contributed by atoms with Crippen molar-refractivity contribution in [1.29, 1.82) is 0 Å². The number of hydrogen-bond acceptors (Lipinski definition) is 4. The third-order valence-electron chi connectivity index (χ3n) is 6.68. The minimum Gasteiger partial charge on any atom is -0.493 e. The van der Waals surface area contributed by atoms with E-state index in [0.29, 0.717) is 12.1 Å². The van der Waals surface area contributed by atoms with Crippen molar-refractivity contribution in [3.05, 3.63) is 59.7 Å². The second kappa shape index (κ2) is 9.23. The summed E-state index contributed by atoms with van der Waals surface area (Å²) < 4.78 is 11.0. The molecule has 2 aromatic rings. The molecule has 1 heterocycles. The van der Waals surface area contributed by atoms with Gasteiger partial charge in [-0.05, 0) is 67.7 Å². The second-order valence-electron chi connectivity index (χ2n) is 8.27. The number of thiocarbonyl (C=S) groups is 1. The van der Waals surface area contributed by atoms with E-state index in [0.717, 1.165) is 55.4 Å². The first-order valence-corrected chi connectivity index (χ1v) is 11.1. The summed E-state index contributed by atoms with van der Waals surface area (Å²) in [5, 5.41) is 11.4. The minimum absolute atomic E-state index is 0.150. The van der Waals surface area contributed by atoms with Crippen LogP contribution in [0.15, 0.2) is 48.5 Å². The van der Waals surface area contributed by atoms with Crippen molar-refractivity contribution in [3.8, 4) is 11.5 Å². The first-order chi connectivity index (χ1) is 14.6. The molecule has 1 saturated carbocycles. The van der Waals surface area contributed by atoms with E-state index in [9.17, 15) is 0 Å². The van der Waals surface area contributed by atoms with Crippen molar-refractivity contribution in [3.63, 3.8) is 0 Å². The van der Waals surface area contributed by atoms with Gasteiger partial charge in [0.25, 0.3) is 0 Å². The number of fused-ring (bicyclic) bond motifs is 1. The SMILES string of the molecule is COc1ccc([C@]23CCN[C@@H]2C[C@@H](NC(=S)NCc2ccccc2)CC3)cc1OC. The van der Waals surface area contributed by atoms with Crippen LogP contribution in [0.3, 0.4) is 0 Å². The van der Waals surface area contributed by atoms with Crippen LogP contribution in [0.25, 0.3) is 0 Å². The molecule has 1 aliphatic carbocycles. The van der Waals surface area contributed by atoms with Crippen LogP contribution in [0.5, 0.6) is 11.5 Å². The van der Waals surface area contributed by atoms with Crippen LogP contribution in [-0.2, 0) is 12.0 Å². The molecule has 4 rings (SSSR count). The van der Waals surface area contributed by atoms with Gasteiger partial charge >= 0.3 is 0 Å². The third kappa shape index (κ3) is 4.25. The highest BCUT2D eigenvalue weighted by atomic mass is 32.1. The molecule has 0 unspecified atom stereocenters. The van der Waals surface area contributed by atoms with Gasteiger partial charge in [-0.2, -0.15) is 0 Å². The Morgan fingerprint density at radius 2 is 1.90 bits per heavy atom. The number of nitrogens with one attached hydrogen (secondary N) is 3. The quantitative estimate of drug-likeness (QED) is 0.616. The van der Waals surface area contributed by atoms with Crippen LogP contribution >= 0.6 is 12.2 Å². The first kappa shape index (κ1) is 20.9. The Bertz CT molecular complexity index is 876. The van der Waals surface area contributed by atoms with E-state index < -0.39 is 0 Å². The van der Waals surface area contributed by atoms with Crippen molar-refractivity contribution in [2.24, 2.45) is 0 Å². The Kier molecular flexibility index (Phi) is 6.44. The van der Waals surface area contributed by atoms with Gasteiger partial charge in [0.05, 0.1) is 14.2 Å². The van der Waals surface area contributed by atoms with Gasteiger partial charge in [0.1, 0.15) is 0 Å². The molecule has 1 saturated heterocycles. The zero-order chi connectivity index (χ0) is 21.0. The van der Waals surface area contributed by atoms with Crippen LogP contribution in [0.1, 0.15) is 36.8 Å². The lowest BCUT2D eigenvalue weighted by molar-refractivity contribution is 0.234. The normalized spacial score (nSPS) is 25.3. The van der Waals surface area contributed by atoms with Crippen molar-refractivity contribution < 1.29 is 9.47 Å². The molecule has 1 aliphatic heterocycles. The predicted octanol–water partition coefficient (Wildman–Crippen LogP) is 3.52. The molecule has 2 aliphatic rings. The maximum atomic E-state index is 5.57. The predicted molar refractivity (Wildman–Crippen MR) is 124 cm³/mol. The fraction of sp³-hybridized carbons (Fsp3) is 0.458. The second-order valence-corrected chi connectivity index (χ2v) is 8.67. The van der Waals surface area contributed by atoms with Crippen molar-refractivity contribution in [1.82, 2.24) is 16.0 Å². The topological polar surface area (TPSA) is 54.5 Å². The lowest BCUT2D eigenvalue weighted by atomic mass is 9.65. The van der Waals surface area contributed by atoms with Crippen LogP contribution < -0.4 is 25.4 Å². The van der Waals surface area contributed by atoms with Crippen LogP contribution in [0.2, 0.25) is 0 Å². The number of ether oxygens (including phenoxy) is 2. The van der Waals surface area contributed by atoms with Gasteiger partial charge in [-0.25, -0.2) is 0 Å². The molecule has 2 fully saturated rings. The van der Waals surface area contributed by atoms with Gasteiger partial charge in [0.15, 0.2) is 16.6 Å². The summed E-state index contributed by atoms with van der Waals surface area (Å²) in [5.74, 6) is 1.59. The molecule has 0 spiro atoms. The zero-order valence-electron chi connectivity index (χ0n) is 17.7. The van der Waals surface area contributed by atoms with Crippen molar-refractivity contribution in [2.45, 2.75) is 49.7 Å². The van der Waals surface area contributed by atoms with E-state index in [2.05, 4.69) is 40.2 Å². The maximum Gasteiger partial charge on any atom is 0.166 e. The summed E-state index contributed by atoms with van der Waals surface area (Å²) in [6, 6.07) is 17.6. The van der Waals surface area contributed by atoms with Gasteiger partial charge in [-0.15, -0.1) is 0 Å². The molecule has 0 aromatic heterocycles. The molecule has 160 valence electrons. The molecule has 5 nitrogen and oxygen atoms in total. The zero-order valence-corrected chi connectivity index (χ0v) is 18.6. The number of methoxy groups -OCH3 is 2. The van der Waals surface area contributed by atoms with Crippen LogP contribution in [0, 0.1) is 0 Å². The largest absolute Gasteiger partial charge is 0.493 e. The lowest BCUT2D eigenvalue weighted by Crippen LogP contribution is -2.52. The molecular formula is C24H31N3O2S. The lowest BCUT2D eigenvalue weighted by Gasteiger charge is -2.43. The van der Waals surface area contributed by atoms with Gasteiger partial charge < -0.3 is 25.4 Å². The summed E-state index contributed by atoms with van der Waals surface area (Å²) in [5.41, 5.74) is 2.73. The highest BCUT2D eigenvalue weighted by molar-refractivity contribution is 7.80. The molecule has 3 atom stereocenters. The first-order valence-electron chi connectivity index (χ1n) is 10.7. The number of hydrogen-bond donors (Lipinski definition) is 3. The van der Waals surface area contributed by atoms with Crippen molar-refractivity contribution >= 4 is 17.3 Å². The Hall–Kier alpha value is -2.31. The van der Waals surface area contributed by atoms with Gasteiger partial charge in [-0.3, -0.25) is 0 Å². The Morgan fingerprint density at radius 3 is 2.67 bits per heavy atom. The van der Waals surface area contributed by atoms with Crippen LogP contribution in [0.4, 0.5) is 0 Å². The van der Waals surface area contributed by atoms with E-state index in [1.807, 2.05) is 24.3 Å². The average molecular weight is 426 g/mol. The molecule has 0 bridgehead atoms. The molecule has 6 heteroatoms.